The van der Waals surface area contributed by atoms with Gasteiger partial charge in [0.2, 0.25) is 16.8 Å². The molecule has 0 spiro atoms. The van der Waals surface area contributed by atoms with Crippen molar-refractivity contribution in [3.63, 3.8) is 0 Å². The first kappa shape index (κ1) is 22.6. The summed E-state index contributed by atoms with van der Waals surface area (Å²) >= 11 is 0. The lowest BCUT2D eigenvalue weighted by Crippen LogP contribution is -2.52. The average Bonchev–Trinajstić information content (AvgIpc) is 3.38. The second-order valence-electron chi connectivity index (χ2n) is 8.48. The molecule has 5 rings (SSSR count). The predicted octanol–water partition coefficient (Wildman–Crippen LogP) is 1.29. The summed E-state index contributed by atoms with van der Waals surface area (Å²) in [6.45, 7) is 2.69. The van der Waals surface area contributed by atoms with Crippen LogP contribution in [0.1, 0.15) is 12.5 Å². The number of nitrogens with zero attached hydrogens (tertiary/aromatic N) is 3. The maximum Gasteiger partial charge on any atom is 0.326 e. The fraction of sp³-hybridized carbons (Fsp3) is 0.364. The van der Waals surface area contributed by atoms with Gasteiger partial charge in [0.25, 0.3) is 5.91 Å². The standard InChI is InChI=1S/C22H23FN4O6S/c1-22(15-5-6-18-19(11-15)33-14-32-18)20(28)27(21(29)24-22)13-25-7-9-26(10-8-25)34(30,31)17-4-2-3-16(23)12-17/h2-6,11-12H,7-10,13-14H2,1H3,(H,24,29)/t22-/m1/s1. The molecule has 2 aromatic carbocycles. The largest absolute Gasteiger partial charge is 0.454 e. The summed E-state index contributed by atoms with van der Waals surface area (Å²) < 4.78 is 51.1. The van der Waals surface area contributed by atoms with E-state index in [1.54, 1.807) is 25.1 Å². The summed E-state index contributed by atoms with van der Waals surface area (Å²) in [5.74, 6) is 0.0526. The number of carbonyl (C=O) groups is 2. The van der Waals surface area contributed by atoms with Crippen molar-refractivity contribution in [1.82, 2.24) is 19.4 Å². The lowest BCUT2D eigenvalue weighted by Gasteiger charge is -2.35. The molecule has 1 N–H and O–H groups in total. The highest BCUT2D eigenvalue weighted by Crippen LogP contribution is 2.38. The van der Waals surface area contributed by atoms with Gasteiger partial charge in [-0.3, -0.25) is 9.69 Å². The van der Waals surface area contributed by atoms with Gasteiger partial charge >= 0.3 is 6.03 Å². The first-order valence-corrected chi connectivity index (χ1v) is 12.1. The molecule has 3 amide bonds. The molecule has 2 aromatic rings. The van der Waals surface area contributed by atoms with Gasteiger partial charge in [0.05, 0.1) is 11.6 Å². The molecular weight excluding hydrogens is 467 g/mol. The van der Waals surface area contributed by atoms with Crippen LogP contribution in [-0.4, -0.2) is 74.1 Å². The highest BCUT2D eigenvalue weighted by Gasteiger charge is 2.50. The van der Waals surface area contributed by atoms with Gasteiger partial charge in [0, 0.05) is 26.2 Å². The van der Waals surface area contributed by atoms with E-state index in [1.807, 2.05) is 4.90 Å². The maximum absolute atomic E-state index is 13.5. The van der Waals surface area contributed by atoms with Crippen molar-refractivity contribution in [1.29, 1.82) is 0 Å². The number of hydrogen-bond donors (Lipinski definition) is 1. The minimum atomic E-state index is -3.83. The number of imide groups is 1. The summed E-state index contributed by atoms with van der Waals surface area (Å²) in [5.41, 5.74) is -0.691. The Morgan fingerprint density at radius 2 is 1.76 bits per heavy atom. The third-order valence-corrected chi connectivity index (χ3v) is 8.23. The first-order valence-electron chi connectivity index (χ1n) is 10.7. The maximum atomic E-state index is 13.5. The zero-order chi connectivity index (χ0) is 24.1. The van der Waals surface area contributed by atoms with Crippen LogP contribution in [-0.2, 0) is 20.4 Å². The number of ether oxygens (including phenoxy) is 2. The number of urea groups is 1. The van der Waals surface area contributed by atoms with E-state index in [9.17, 15) is 22.4 Å². The smallest absolute Gasteiger partial charge is 0.326 e. The molecule has 0 aromatic heterocycles. The van der Waals surface area contributed by atoms with Crippen LogP contribution in [0.2, 0.25) is 0 Å². The molecule has 2 fully saturated rings. The van der Waals surface area contributed by atoms with E-state index in [1.165, 1.54) is 22.5 Å². The van der Waals surface area contributed by atoms with Gasteiger partial charge in [-0.15, -0.1) is 0 Å². The number of piperazine rings is 1. The Labute approximate surface area is 195 Å². The Bertz CT molecular complexity index is 1260. The van der Waals surface area contributed by atoms with Crippen LogP contribution in [0.4, 0.5) is 9.18 Å². The van der Waals surface area contributed by atoms with Gasteiger partial charge in [0.15, 0.2) is 11.5 Å². The van der Waals surface area contributed by atoms with E-state index >= 15 is 0 Å². The summed E-state index contributed by atoms with van der Waals surface area (Å²) in [5, 5.41) is 2.76. The van der Waals surface area contributed by atoms with Crippen molar-refractivity contribution in [3.05, 3.63) is 53.8 Å². The monoisotopic (exact) mass is 490 g/mol. The lowest BCUT2D eigenvalue weighted by molar-refractivity contribution is -0.132. The van der Waals surface area contributed by atoms with Gasteiger partial charge in [-0.05, 0) is 42.8 Å². The van der Waals surface area contributed by atoms with E-state index in [-0.39, 0.29) is 31.4 Å². The van der Waals surface area contributed by atoms with Crippen molar-refractivity contribution in [3.8, 4) is 11.5 Å². The SMILES string of the molecule is C[C@]1(c2ccc3c(c2)OCO3)NC(=O)N(CN2CCN(S(=O)(=O)c3cccc(F)c3)CC2)C1=O. The third-order valence-electron chi connectivity index (χ3n) is 6.33. The molecule has 0 bridgehead atoms. The van der Waals surface area contributed by atoms with Crippen LogP contribution in [0, 0.1) is 5.82 Å². The first-order chi connectivity index (χ1) is 16.2. The Morgan fingerprint density at radius 1 is 1.03 bits per heavy atom. The number of rotatable bonds is 5. The fourth-order valence-electron chi connectivity index (χ4n) is 4.32. The Kier molecular flexibility index (Phi) is 5.46. The van der Waals surface area contributed by atoms with Gasteiger partial charge in [-0.25, -0.2) is 22.5 Å². The molecule has 3 aliphatic heterocycles. The lowest BCUT2D eigenvalue weighted by atomic mass is 9.92. The van der Waals surface area contributed by atoms with Crippen LogP contribution < -0.4 is 14.8 Å². The number of fused-ring (bicyclic) bond motifs is 1. The molecule has 34 heavy (non-hydrogen) atoms. The number of carbonyl (C=O) groups excluding carboxylic acids is 2. The molecule has 3 aliphatic rings. The molecule has 1 atom stereocenters. The normalized spacial score (nSPS) is 23.4. The zero-order valence-electron chi connectivity index (χ0n) is 18.4. The van der Waals surface area contributed by atoms with Crippen LogP contribution in [0.15, 0.2) is 47.4 Å². The molecule has 12 heteroatoms. The van der Waals surface area contributed by atoms with Gasteiger partial charge in [-0.1, -0.05) is 12.1 Å². The van der Waals surface area contributed by atoms with Crippen LogP contribution >= 0.6 is 0 Å². The summed E-state index contributed by atoms with van der Waals surface area (Å²) in [4.78, 5) is 28.8. The van der Waals surface area contributed by atoms with E-state index in [0.29, 0.717) is 30.2 Å². The predicted molar refractivity (Wildman–Crippen MR) is 117 cm³/mol. The number of benzene rings is 2. The van der Waals surface area contributed by atoms with Crippen LogP contribution in [0.25, 0.3) is 0 Å². The minimum Gasteiger partial charge on any atom is -0.454 e. The van der Waals surface area contributed by atoms with Crippen molar-refractivity contribution in [2.45, 2.75) is 17.4 Å². The minimum absolute atomic E-state index is 0.0264. The van der Waals surface area contributed by atoms with Crippen molar-refractivity contribution < 1.29 is 31.9 Å². The summed E-state index contributed by atoms with van der Waals surface area (Å²) in [6.07, 6.45) is 0. The van der Waals surface area contributed by atoms with E-state index in [4.69, 9.17) is 9.47 Å². The molecule has 0 unspecified atom stereocenters. The van der Waals surface area contributed by atoms with E-state index in [2.05, 4.69) is 5.32 Å². The summed E-state index contributed by atoms with van der Waals surface area (Å²) in [6, 6.07) is 9.45. The van der Waals surface area contributed by atoms with Gasteiger partial charge < -0.3 is 14.8 Å². The zero-order valence-corrected chi connectivity index (χ0v) is 19.2. The van der Waals surface area contributed by atoms with Crippen molar-refractivity contribution in [2.75, 3.05) is 39.6 Å². The fourth-order valence-corrected chi connectivity index (χ4v) is 5.77. The number of hydrogen-bond acceptors (Lipinski definition) is 7. The molecule has 10 nitrogen and oxygen atoms in total. The molecule has 0 saturated carbocycles. The average molecular weight is 491 g/mol. The molecule has 2 saturated heterocycles. The number of sulfonamides is 1. The quantitative estimate of drug-likeness (QED) is 0.629. The van der Waals surface area contributed by atoms with Crippen LogP contribution in [0.3, 0.4) is 0 Å². The third kappa shape index (κ3) is 3.77. The Morgan fingerprint density at radius 3 is 2.50 bits per heavy atom. The number of nitrogens with one attached hydrogen (secondary N) is 1. The molecular formula is C22H23FN4O6S. The van der Waals surface area contributed by atoms with E-state index < -0.39 is 33.3 Å². The van der Waals surface area contributed by atoms with Crippen LogP contribution in [0.5, 0.6) is 11.5 Å². The van der Waals surface area contributed by atoms with Gasteiger partial charge in [-0.2, -0.15) is 4.31 Å². The Hall–Kier alpha value is -3.22. The second-order valence-corrected chi connectivity index (χ2v) is 10.4. The molecule has 0 radical (unpaired) electrons. The van der Waals surface area contributed by atoms with Crippen molar-refractivity contribution >= 4 is 22.0 Å². The second kappa shape index (κ2) is 8.22. The van der Waals surface area contributed by atoms with Gasteiger partial charge in [0.1, 0.15) is 11.4 Å². The van der Waals surface area contributed by atoms with E-state index in [0.717, 1.165) is 11.0 Å². The highest BCUT2D eigenvalue weighted by atomic mass is 32.2. The molecule has 3 heterocycles. The molecule has 0 aliphatic carbocycles. The topological polar surface area (TPSA) is 108 Å². The Balaban J connectivity index is 1.25. The summed E-state index contributed by atoms with van der Waals surface area (Å²) in [7, 11) is -3.83. The van der Waals surface area contributed by atoms with Crippen molar-refractivity contribution in [2.24, 2.45) is 0 Å². The highest BCUT2D eigenvalue weighted by molar-refractivity contribution is 7.89. The number of halogens is 1. The number of amides is 3. The molecule has 180 valence electrons.